The first-order chi connectivity index (χ1) is 23.4. The minimum absolute atomic E-state index is 0.0224. The van der Waals surface area contributed by atoms with Gasteiger partial charge < -0.3 is 26.0 Å². The molecule has 0 spiro atoms. The Morgan fingerprint density at radius 1 is 0.771 bits per heavy atom. The van der Waals surface area contributed by atoms with Crippen LogP contribution in [0, 0.1) is 17.8 Å². The van der Waals surface area contributed by atoms with E-state index < -0.39 is 0 Å². The predicted octanol–water partition coefficient (Wildman–Crippen LogP) is 3.36. The van der Waals surface area contributed by atoms with Crippen molar-refractivity contribution in [1.29, 1.82) is 0 Å². The first-order valence-corrected chi connectivity index (χ1v) is 19.5. The summed E-state index contributed by atoms with van der Waals surface area (Å²) in [5.74, 6) is 1.61. The summed E-state index contributed by atoms with van der Waals surface area (Å²) in [4.78, 5) is 60.6. The smallest absolute Gasteiger partial charge is 0.315 e. The third-order valence-electron chi connectivity index (χ3n) is 10.8. The van der Waals surface area contributed by atoms with E-state index in [-0.39, 0.29) is 66.4 Å². The lowest BCUT2D eigenvalue weighted by Crippen LogP contribution is -2.42. The molecule has 6 N–H and O–H groups in total. The Kier molecular flexibility index (Phi) is 14.3. The van der Waals surface area contributed by atoms with Gasteiger partial charge in [0, 0.05) is 42.7 Å². The van der Waals surface area contributed by atoms with Gasteiger partial charge in [0.05, 0.1) is 30.8 Å². The highest BCUT2D eigenvalue weighted by Gasteiger charge is 2.48. The van der Waals surface area contributed by atoms with Crippen LogP contribution in [0.25, 0.3) is 0 Å². The average Bonchev–Trinajstić information content (AvgIpc) is 3.87. The van der Waals surface area contributed by atoms with Crippen LogP contribution in [0.15, 0.2) is 12.2 Å². The van der Waals surface area contributed by atoms with Gasteiger partial charge >= 0.3 is 6.03 Å². The molecule has 0 aromatic rings. The molecule has 268 valence electrons. The fourth-order valence-electron chi connectivity index (χ4n) is 8.14. The zero-order valence-electron chi connectivity index (χ0n) is 28.3. The van der Waals surface area contributed by atoms with Gasteiger partial charge in [-0.1, -0.05) is 50.7 Å². The fourth-order valence-corrected chi connectivity index (χ4v) is 9.69. The standard InChI is InChI=1S/C35H56N6O6S/c42-30(19-16-23-10-4-3-5-11-23)37-21-33(45)36-20-25-24(27-17-18-28(25)47-27)12-6-1-2-7-14-31(43)40-41-32(44)15-9-8-13-29-34-26(22-48-29)38-35(46)39-34/h1,6,23-29,34H,2-5,7-22H2,(H,36,45)(H,37,42)(H,40,43)(H,41,44)(H2,38,39,46)/b6-1-/t24-,25+,26-,27+,28-,29-,34+/m1/s1. The zero-order valence-corrected chi connectivity index (χ0v) is 29.1. The summed E-state index contributed by atoms with van der Waals surface area (Å²) in [6.07, 6.45) is 20.0. The highest BCUT2D eigenvalue weighted by atomic mass is 32.2. The Bertz CT molecular complexity index is 1150. The number of ether oxygens (including phenoxy) is 1. The maximum Gasteiger partial charge on any atom is 0.315 e. The number of amides is 6. The number of unbranched alkanes of at least 4 members (excludes halogenated alkanes) is 2. The van der Waals surface area contributed by atoms with Gasteiger partial charge in [0.1, 0.15) is 0 Å². The fraction of sp³-hybridized carbons (Fsp3) is 0.800. The lowest BCUT2D eigenvalue weighted by atomic mass is 9.77. The number of fused-ring (bicyclic) bond motifs is 3. The normalized spacial score (nSPS) is 29.3. The van der Waals surface area contributed by atoms with E-state index >= 15 is 0 Å². The quantitative estimate of drug-likeness (QED) is 0.0556. The Morgan fingerprint density at radius 3 is 2.31 bits per heavy atom. The molecule has 48 heavy (non-hydrogen) atoms. The van der Waals surface area contributed by atoms with Gasteiger partial charge in [0.25, 0.3) is 0 Å². The van der Waals surface area contributed by atoms with E-state index in [9.17, 15) is 24.0 Å². The van der Waals surface area contributed by atoms with Gasteiger partial charge in [0.15, 0.2) is 0 Å². The molecule has 2 bridgehead atoms. The molecular weight excluding hydrogens is 632 g/mol. The van der Waals surface area contributed by atoms with Gasteiger partial charge in [-0.3, -0.25) is 30.0 Å². The van der Waals surface area contributed by atoms with Crippen molar-refractivity contribution in [2.75, 3.05) is 18.8 Å². The maximum absolute atomic E-state index is 12.5. The van der Waals surface area contributed by atoms with Crippen LogP contribution in [0.2, 0.25) is 0 Å². The van der Waals surface area contributed by atoms with Crippen molar-refractivity contribution in [3.05, 3.63) is 12.2 Å². The summed E-state index contributed by atoms with van der Waals surface area (Å²) in [7, 11) is 0. The number of hydrazine groups is 1. The molecule has 1 aliphatic carbocycles. The van der Waals surface area contributed by atoms with Gasteiger partial charge in [0.2, 0.25) is 23.6 Å². The van der Waals surface area contributed by atoms with Crippen LogP contribution in [0.5, 0.6) is 0 Å². The third-order valence-corrected chi connectivity index (χ3v) is 12.4. The van der Waals surface area contributed by atoms with Crippen molar-refractivity contribution in [3.63, 3.8) is 0 Å². The summed E-state index contributed by atoms with van der Waals surface area (Å²) >= 11 is 1.87. The zero-order chi connectivity index (χ0) is 33.7. The summed E-state index contributed by atoms with van der Waals surface area (Å²) < 4.78 is 6.19. The number of nitrogens with one attached hydrogen (secondary N) is 6. The molecular formula is C35H56N6O6S. The first kappa shape index (κ1) is 36.5. The van der Waals surface area contributed by atoms with Crippen LogP contribution >= 0.6 is 11.8 Å². The summed E-state index contributed by atoms with van der Waals surface area (Å²) in [5, 5.41) is 12.1. The average molecular weight is 689 g/mol. The largest absolute Gasteiger partial charge is 0.374 e. The maximum atomic E-state index is 12.5. The van der Waals surface area contributed by atoms with Crippen LogP contribution in [-0.2, 0) is 23.9 Å². The number of carbonyl (C=O) groups is 5. The van der Waals surface area contributed by atoms with Crippen LogP contribution in [0.4, 0.5) is 4.79 Å². The minimum Gasteiger partial charge on any atom is -0.374 e. The lowest BCUT2D eigenvalue weighted by molar-refractivity contribution is -0.129. The van der Waals surface area contributed by atoms with Crippen molar-refractivity contribution >= 4 is 41.4 Å². The van der Waals surface area contributed by atoms with Crippen LogP contribution in [0.3, 0.4) is 0 Å². The summed E-state index contributed by atoms with van der Waals surface area (Å²) in [6.45, 7) is 0.578. The van der Waals surface area contributed by atoms with E-state index in [1.54, 1.807) is 0 Å². The molecule has 4 heterocycles. The number of thioether (sulfide) groups is 1. The van der Waals surface area contributed by atoms with Crippen LogP contribution in [-0.4, -0.2) is 78.0 Å². The SMILES string of the molecule is O=C(CCC1CCCCC1)NCC(=O)NC[C@H]1[C@@H](C/C=C\CCCC(=O)NNC(=O)CCCC[C@H]2SC[C@H]3NC(=O)N[C@@H]32)[C@@H]2CC[C@H]1O2. The van der Waals surface area contributed by atoms with E-state index in [2.05, 4.69) is 44.3 Å². The molecule has 7 atom stereocenters. The first-order valence-electron chi connectivity index (χ1n) is 18.5. The Balaban J connectivity index is 0.874. The second kappa shape index (κ2) is 18.8. The monoisotopic (exact) mass is 688 g/mol. The molecule has 1 saturated carbocycles. The molecule has 0 unspecified atom stereocenters. The van der Waals surface area contributed by atoms with E-state index in [0.717, 1.165) is 57.1 Å². The minimum atomic E-state index is -0.202. The molecule has 12 nitrogen and oxygen atoms in total. The highest BCUT2D eigenvalue weighted by molar-refractivity contribution is 8.00. The topological polar surface area (TPSA) is 167 Å². The van der Waals surface area contributed by atoms with E-state index in [0.29, 0.717) is 49.3 Å². The van der Waals surface area contributed by atoms with Crippen molar-refractivity contribution in [3.8, 4) is 0 Å². The lowest BCUT2D eigenvalue weighted by Gasteiger charge is -2.27. The Hall–Kier alpha value is -2.80. The highest BCUT2D eigenvalue weighted by Crippen LogP contribution is 2.45. The van der Waals surface area contributed by atoms with E-state index in [1.807, 2.05) is 11.8 Å². The Labute approximate surface area is 289 Å². The number of hydrogen-bond donors (Lipinski definition) is 6. The van der Waals surface area contributed by atoms with Crippen LogP contribution in [0.1, 0.15) is 109 Å². The number of rotatable bonds is 18. The number of hydrogen-bond acceptors (Lipinski definition) is 7. The number of carbonyl (C=O) groups excluding carboxylic acids is 5. The molecule has 4 saturated heterocycles. The predicted molar refractivity (Wildman–Crippen MR) is 185 cm³/mol. The molecule has 5 rings (SSSR count). The summed E-state index contributed by atoms with van der Waals surface area (Å²) in [5.41, 5.74) is 5.04. The number of urea groups is 1. The van der Waals surface area contributed by atoms with Crippen molar-refractivity contribution < 1.29 is 28.7 Å². The van der Waals surface area contributed by atoms with Gasteiger partial charge in [-0.2, -0.15) is 11.8 Å². The van der Waals surface area contributed by atoms with Crippen molar-refractivity contribution in [2.24, 2.45) is 17.8 Å². The van der Waals surface area contributed by atoms with E-state index in [1.165, 1.54) is 32.1 Å². The number of allylic oxidation sites excluding steroid dienone is 2. The van der Waals surface area contributed by atoms with E-state index in [4.69, 9.17) is 4.74 Å². The van der Waals surface area contributed by atoms with Gasteiger partial charge in [-0.15, -0.1) is 0 Å². The van der Waals surface area contributed by atoms with Crippen molar-refractivity contribution in [2.45, 2.75) is 139 Å². The second-order valence-electron chi connectivity index (χ2n) is 14.3. The molecule has 6 amide bonds. The molecule has 0 aromatic carbocycles. The van der Waals surface area contributed by atoms with Crippen LogP contribution < -0.4 is 32.1 Å². The van der Waals surface area contributed by atoms with Gasteiger partial charge in [-0.25, -0.2) is 4.79 Å². The van der Waals surface area contributed by atoms with Gasteiger partial charge in [-0.05, 0) is 63.2 Å². The molecule has 4 aliphatic heterocycles. The third kappa shape index (κ3) is 11.1. The van der Waals surface area contributed by atoms with Crippen molar-refractivity contribution in [1.82, 2.24) is 32.1 Å². The molecule has 0 radical (unpaired) electrons. The molecule has 5 fully saturated rings. The summed E-state index contributed by atoms with van der Waals surface area (Å²) in [6, 6.07) is 0.310. The molecule has 5 aliphatic rings. The molecule has 13 heteroatoms. The molecule has 0 aromatic heterocycles. The second-order valence-corrected chi connectivity index (χ2v) is 15.6. The Morgan fingerprint density at radius 2 is 1.52 bits per heavy atom.